The molecular weight excluding hydrogens is 250 g/mol. The van der Waals surface area contributed by atoms with Crippen LogP contribution in [0.15, 0.2) is 24.3 Å². The fraction of sp³-hybridized carbons (Fsp3) is 0.647. The molecular formula is C17H29NO2. The molecule has 0 aliphatic heterocycles. The van der Waals surface area contributed by atoms with Gasteiger partial charge in [0.15, 0.2) is 0 Å². The van der Waals surface area contributed by atoms with E-state index in [1.54, 1.807) is 7.11 Å². The van der Waals surface area contributed by atoms with Crippen molar-refractivity contribution >= 4 is 0 Å². The Kier molecular flexibility index (Phi) is 7.03. The maximum atomic E-state index is 5.92. The summed E-state index contributed by atoms with van der Waals surface area (Å²) in [6, 6.07) is 8.39. The molecule has 0 heterocycles. The quantitative estimate of drug-likeness (QED) is 0.742. The van der Waals surface area contributed by atoms with E-state index in [1.165, 1.54) is 5.56 Å². The van der Waals surface area contributed by atoms with Crippen molar-refractivity contribution in [3.63, 3.8) is 0 Å². The zero-order valence-corrected chi connectivity index (χ0v) is 13.5. The standard InChI is InChI=1S/C17H29NO2/c1-6-17(7-2,19-5)16(18-8-3)14-12-10-11-13-15(14)20-9-4/h10-13,16,18H,6-9H2,1-5H3. The molecule has 114 valence electrons. The largest absolute Gasteiger partial charge is 0.494 e. The summed E-state index contributed by atoms with van der Waals surface area (Å²) in [5.41, 5.74) is 0.977. The zero-order chi connectivity index (χ0) is 15.0. The predicted octanol–water partition coefficient (Wildman–Crippen LogP) is 3.94. The van der Waals surface area contributed by atoms with Gasteiger partial charge >= 0.3 is 0 Å². The number of benzene rings is 1. The minimum absolute atomic E-state index is 0.134. The van der Waals surface area contributed by atoms with Gasteiger partial charge in [-0.05, 0) is 32.4 Å². The smallest absolute Gasteiger partial charge is 0.124 e. The van der Waals surface area contributed by atoms with Crippen LogP contribution in [-0.2, 0) is 4.74 Å². The number of para-hydroxylation sites is 1. The van der Waals surface area contributed by atoms with Gasteiger partial charge in [0.25, 0.3) is 0 Å². The van der Waals surface area contributed by atoms with E-state index in [0.717, 1.165) is 25.1 Å². The number of likely N-dealkylation sites (N-methyl/N-ethyl adjacent to an activating group) is 1. The predicted molar refractivity (Wildman–Crippen MR) is 84.4 cm³/mol. The molecule has 1 aromatic rings. The SMILES string of the molecule is CCNC(c1ccccc1OCC)C(CC)(CC)OC. The highest BCUT2D eigenvalue weighted by Crippen LogP contribution is 2.38. The van der Waals surface area contributed by atoms with Crippen LogP contribution in [0.1, 0.15) is 52.1 Å². The Hall–Kier alpha value is -1.06. The van der Waals surface area contributed by atoms with Gasteiger partial charge in [-0.3, -0.25) is 0 Å². The molecule has 20 heavy (non-hydrogen) atoms. The summed E-state index contributed by atoms with van der Waals surface area (Å²) in [5, 5.41) is 3.59. The summed E-state index contributed by atoms with van der Waals surface area (Å²) < 4.78 is 11.7. The van der Waals surface area contributed by atoms with Crippen LogP contribution in [0.3, 0.4) is 0 Å². The number of hydrogen-bond acceptors (Lipinski definition) is 3. The van der Waals surface area contributed by atoms with E-state index in [9.17, 15) is 0 Å². The molecule has 3 heteroatoms. The first-order valence-corrected chi connectivity index (χ1v) is 7.69. The third-order valence-electron chi connectivity index (χ3n) is 4.07. The summed E-state index contributed by atoms with van der Waals surface area (Å²) in [6.07, 6.45) is 1.91. The number of nitrogens with one attached hydrogen (secondary N) is 1. The van der Waals surface area contributed by atoms with E-state index in [1.807, 2.05) is 19.1 Å². The van der Waals surface area contributed by atoms with Gasteiger partial charge in [0.2, 0.25) is 0 Å². The average molecular weight is 279 g/mol. The topological polar surface area (TPSA) is 30.5 Å². The fourth-order valence-electron chi connectivity index (χ4n) is 2.85. The molecule has 0 amide bonds. The summed E-state index contributed by atoms with van der Waals surface area (Å²) in [6.45, 7) is 10.1. The lowest BCUT2D eigenvalue weighted by Gasteiger charge is -2.39. The second kappa shape index (κ2) is 8.28. The maximum Gasteiger partial charge on any atom is 0.124 e. The van der Waals surface area contributed by atoms with E-state index in [-0.39, 0.29) is 11.6 Å². The van der Waals surface area contributed by atoms with Crippen molar-refractivity contribution < 1.29 is 9.47 Å². The van der Waals surface area contributed by atoms with Crippen molar-refractivity contribution in [1.82, 2.24) is 5.32 Å². The Morgan fingerprint density at radius 1 is 1.10 bits per heavy atom. The van der Waals surface area contributed by atoms with E-state index in [4.69, 9.17) is 9.47 Å². The van der Waals surface area contributed by atoms with E-state index < -0.39 is 0 Å². The number of methoxy groups -OCH3 is 1. The number of rotatable bonds is 9. The first-order valence-electron chi connectivity index (χ1n) is 7.69. The monoisotopic (exact) mass is 279 g/mol. The van der Waals surface area contributed by atoms with Gasteiger partial charge in [-0.25, -0.2) is 0 Å². The molecule has 0 aliphatic carbocycles. The van der Waals surface area contributed by atoms with E-state index >= 15 is 0 Å². The average Bonchev–Trinajstić information content (AvgIpc) is 2.49. The molecule has 1 N–H and O–H groups in total. The normalized spacial score (nSPS) is 13.2. The van der Waals surface area contributed by atoms with E-state index in [0.29, 0.717) is 6.61 Å². The molecule has 1 unspecified atom stereocenters. The lowest BCUT2D eigenvalue weighted by Crippen LogP contribution is -2.45. The van der Waals surface area contributed by atoms with Crippen molar-refractivity contribution in [3.8, 4) is 5.75 Å². The summed E-state index contributed by atoms with van der Waals surface area (Å²) in [7, 11) is 1.81. The van der Waals surface area contributed by atoms with Crippen LogP contribution in [-0.4, -0.2) is 25.9 Å². The van der Waals surface area contributed by atoms with Gasteiger partial charge in [0.1, 0.15) is 5.75 Å². The molecule has 3 nitrogen and oxygen atoms in total. The highest BCUT2D eigenvalue weighted by atomic mass is 16.5. The molecule has 0 saturated heterocycles. The second-order valence-corrected chi connectivity index (χ2v) is 4.94. The Bertz CT molecular complexity index is 380. The van der Waals surface area contributed by atoms with E-state index in [2.05, 4.69) is 38.2 Å². The molecule has 0 spiro atoms. The molecule has 1 rings (SSSR count). The summed E-state index contributed by atoms with van der Waals surface area (Å²) >= 11 is 0. The van der Waals surface area contributed by atoms with Crippen molar-refractivity contribution in [2.75, 3.05) is 20.3 Å². The van der Waals surface area contributed by atoms with Crippen LogP contribution in [0.5, 0.6) is 5.75 Å². The van der Waals surface area contributed by atoms with Crippen LogP contribution < -0.4 is 10.1 Å². The molecule has 0 radical (unpaired) electrons. The molecule has 0 aromatic heterocycles. The van der Waals surface area contributed by atoms with Crippen LogP contribution in [0, 0.1) is 0 Å². The van der Waals surface area contributed by atoms with Gasteiger partial charge in [0.05, 0.1) is 18.2 Å². The van der Waals surface area contributed by atoms with Crippen molar-refractivity contribution in [1.29, 1.82) is 0 Å². The Morgan fingerprint density at radius 2 is 1.75 bits per heavy atom. The van der Waals surface area contributed by atoms with Crippen LogP contribution >= 0.6 is 0 Å². The van der Waals surface area contributed by atoms with Crippen molar-refractivity contribution in [2.45, 2.75) is 52.2 Å². The van der Waals surface area contributed by atoms with Crippen LogP contribution in [0.4, 0.5) is 0 Å². The van der Waals surface area contributed by atoms with Gasteiger partial charge in [0, 0.05) is 12.7 Å². The first-order chi connectivity index (χ1) is 9.68. The molecule has 1 aromatic carbocycles. The van der Waals surface area contributed by atoms with Crippen LogP contribution in [0.2, 0.25) is 0 Å². The highest BCUT2D eigenvalue weighted by molar-refractivity contribution is 5.37. The molecule has 0 saturated carbocycles. The molecule has 1 atom stereocenters. The lowest BCUT2D eigenvalue weighted by atomic mass is 9.83. The van der Waals surface area contributed by atoms with Crippen molar-refractivity contribution in [3.05, 3.63) is 29.8 Å². The Labute approximate surface area is 123 Å². The van der Waals surface area contributed by atoms with Gasteiger partial charge in [-0.15, -0.1) is 0 Å². The second-order valence-electron chi connectivity index (χ2n) is 4.94. The zero-order valence-electron chi connectivity index (χ0n) is 13.5. The minimum atomic E-state index is -0.205. The number of hydrogen-bond donors (Lipinski definition) is 1. The van der Waals surface area contributed by atoms with Gasteiger partial charge in [-0.2, -0.15) is 0 Å². The third-order valence-corrected chi connectivity index (χ3v) is 4.07. The highest BCUT2D eigenvalue weighted by Gasteiger charge is 2.37. The summed E-state index contributed by atoms with van der Waals surface area (Å²) in [4.78, 5) is 0. The van der Waals surface area contributed by atoms with Gasteiger partial charge in [-0.1, -0.05) is 39.0 Å². The fourth-order valence-corrected chi connectivity index (χ4v) is 2.85. The summed E-state index contributed by atoms with van der Waals surface area (Å²) in [5.74, 6) is 0.948. The third kappa shape index (κ3) is 3.53. The van der Waals surface area contributed by atoms with Gasteiger partial charge < -0.3 is 14.8 Å². The molecule has 0 aliphatic rings. The Balaban J connectivity index is 3.25. The van der Waals surface area contributed by atoms with Crippen molar-refractivity contribution in [2.24, 2.45) is 0 Å². The first kappa shape index (κ1) is 17.0. The minimum Gasteiger partial charge on any atom is -0.494 e. The molecule has 0 fully saturated rings. The maximum absolute atomic E-state index is 5.92. The number of ether oxygens (including phenoxy) is 2. The lowest BCUT2D eigenvalue weighted by molar-refractivity contribution is -0.0487. The Morgan fingerprint density at radius 3 is 2.25 bits per heavy atom. The molecule has 0 bridgehead atoms. The van der Waals surface area contributed by atoms with Crippen LogP contribution in [0.25, 0.3) is 0 Å².